The van der Waals surface area contributed by atoms with Crippen LogP contribution in [0.15, 0.2) is 48.5 Å². The van der Waals surface area contributed by atoms with Crippen LogP contribution in [0.2, 0.25) is 0 Å². The number of aliphatic carboxylic acids is 1. The number of benzene rings is 2. The number of rotatable bonds is 5. The van der Waals surface area contributed by atoms with Crippen molar-refractivity contribution < 1.29 is 44.6 Å². The van der Waals surface area contributed by atoms with Gasteiger partial charge < -0.3 is 15.0 Å². The van der Waals surface area contributed by atoms with E-state index in [1.54, 1.807) is 42.5 Å². The van der Waals surface area contributed by atoms with Crippen molar-refractivity contribution in [2.24, 2.45) is 0 Å². The summed E-state index contributed by atoms with van der Waals surface area (Å²) in [6.45, 7) is 3.97. The number of carboxylic acids is 1. The quantitative estimate of drug-likeness (QED) is 0.706. The van der Waals surface area contributed by atoms with Gasteiger partial charge >= 0.3 is 29.6 Å². The van der Waals surface area contributed by atoms with Crippen molar-refractivity contribution in [1.29, 1.82) is 0 Å². The van der Waals surface area contributed by atoms with Gasteiger partial charge in [-0.1, -0.05) is 62.4 Å². The number of aliphatic hydroxyl groups is 1. The predicted octanol–water partition coefficient (Wildman–Crippen LogP) is -1.20. The zero-order valence-corrected chi connectivity index (χ0v) is 15.3. The molecule has 0 radical (unpaired) electrons. The Morgan fingerprint density at radius 1 is 1.05 bits per heavy atom. The number of carbonyl (C=O) groups is 1. The van der Waals surface area contributed by atoms with Crippen LogP contribution in [0.4, 0.5) is 0 Å². The molecular weight excluding hydrogens is 287 g/mol. The fourth-order valence-electron chi connectivity index (χ4n) is 2.79. The summed E-state index contributed by atoms with van der Waals surface area (Å²) in [7, 11) is 0. The maximum Gasteiger partial charge on any atom is 1.00 e. The zero-order chi connectivity index (χ0) is 15.5. The Balaban J connectivity index is 0.00000242. The van der Waals surface area contributed by atoms with Crippen molar-refractivity contribution in [2.75, 3.05) is 0 Å². The second-order valence-corrected chi connectivity index (χ2v) is 5.01. The van der Waals surface area contributed by atoms with Gasteiger partial charge in [-0.05, 0) is 35.1 Å². The molecule has 3 nitrogen and oxygen atoms in total. The van der Waals surface area contributed by atoms with Gasteiger partial charge in [-0.25, -0.2) is 0 Å². The van der Waals surface area contributed by atoms with Crippen LogP contribution in [0.5, 0.6) is 0 Å². The van der Waals surface area contributed by atoms with Crippen molar-refractivity contribution in [3.8, 4) is 0 Å². The molecule has 0 saturated heterocycles. The molecule has 2 aromatic carbocycles. The molecule has 0 fully saturated rings. The molecule has 0 aliphatic heterocycles. The van der Waals surface area contributed by atoms with Gasteiger partial charge in [-0.15, -0.1) is 0 Å². The Morgan fingerprint density at radius 2 is 1.68 bits per heavy atom. The van der Waals surface area contributed by atoms with E-state index in [0.29, 0.717) is 17.5 Å². The number of carboxylic acid groups (broad SMARTS) is 1. The van der Waals surface area contributed by atoms with Crippen LogP contribution in [-0.4, -0.2) is 11.1 Å². The minimum atomic E-state index is -2.13. The van der Waals surface area contributed by atoms with E-state index in [1.165, 1.54) is 0 Å². The van der Waals surface area contributed by atoms with Crippen LogP contribution in [0.1, 0.15) is 36.1 Å². The Labute approximate surface area is 153 Å². The van der Waals surface area contributed by atoms with Crippen molar-refractivity contribution in [1.82, 2.24) is 0 Å². The zero-order valence-electron chi connectivity index (χ0n) is 13.3. The molecule has 110 valence electrons. The SMILES string of the molecule is CCc1cccc(C(O)(C(=O)[O-])c2ccccc2)c1CC.[Na+]. The van der Waals surface area contributed by atoms with Crippen molar-refractivity contribution in [3.63, 3.8) is 0 Å². The second-order valence-electron chi connectivity index (χ2n) is 5.01. The summed E-state index contributed by atoms with van der Waals surface area (Å²) in [4.78, 5) is 11.7. The van der Waals surface area contributed by atoms with Gasteiger partial charge in [0, 0.05) is 0 Å². The minimum absolute atomic E-state index is 0. The van der Waals surface area contributed by atoms with Crippen LogP contribution in [0, 0.1) is 0 Å². The number of aryl methyl sites for hydroxylation is 1. The first-order valence-corrected chi connectivity index (χ1v) is 7.16. The molecule has 0 spiro atoms. The van der Waals surface area contributed by atoms with Crippen LogP contribution in [-0.2, 0) is 23.2 Å². The van der Waals surface area contributed by atoms with E-state index in [0.717, 1.165) is 17.5 Å². The maximum absolute atomic E-state index is 11.7. The molecule has 2 aromatic rings. The Bertz CT molecular complexity index is 640. The van der Waals surface area contributed by atoms with Crippen molar-refractivity contribution >= 4 is 5.97 Å². The molecule has 1 N–H and O–H groups in total. The Kier molecular flexibility index (Phi) is 6.82. The van der Waals surface area contributed by atoms with Gasteiger partial charge in [0.25, 0.3) is 0 Å². The summed E-state index contributed by atoms with van der Waals surface area (Å²) in [6, 6.07) is 13.8. The Morgan fingerprint density at radius 3 is 2.18 bits per heavy atom. The summed E-state index contributed by atoms with van der Waals surface area (Å²) in [5, 5.41) is 22.6. The van der Waals surface area contributed by atoms with Crippen LogP contribution in [0.25, 0.3) is 0 Å². The van der Waals surface area contributed by atoms with E-state index in [1.807, 2.05) is 19.9 Å². The average molecular weight is 306 g/mol. The smallest absolute Gasteiger partial charge is 0.546 e. The standard InChI is InChI=1S/C18H20O3.Na/c1-3-13-9-8-12-16(15(13)4-2)18(21,17(19)20)14-10-6-5-7-11-14;/h5-12,21H,3-4H2,1-2H3,(H,19,20);/q;+1/p-1. The van der Waals surface area contributed by atoms with E-state index in [9.17, 15) is 15.0 Å². The summed E-state index contributed by atoms with van der Waals surface area (Å²) in [5.41, 5.74) is 0.502. The molecule has 2 rings (SSSR count). The fraction of sp³-hybridized carbons (Fsp3) is 0.278. The van der Waals surface area contributed by atoms with E-state index >= 15 is 0 Å². The second kappa shape index (κ2) is 7.93. The molecule has 0 bridgehead atoms. The molecule has 0 heterocycles. The molecule has 0 amide bonds. The molecule has 22 heavy (non-hydrogen) atoms. The molecule has 0 saturated carbocycles. The summed E-state index contributed by atoms with van der Waals surface area (Å²) in [6.07, 6.45) is 1.44. The summed E-state index contributed by atoms with van der Waals surface area (Å²) >= 11 is 0. The first-order chi connectivity index (χ1) is 10.1. The molecule has 1 unspecified atom stereocenters. The van der Waals surface area contributed by atoms with Gasteiger partial charge in [-0.2, -0.15) is 0 Å². The molecule has 0 aliphatic carbocycles. The van der Waals surface area contributed by atoms with Crippen molar-refractivity contribution in [3.05, 3.63) is 70.8 Å². The van der Waals surface area contributed by atoms with E-state index in [4.69, 9.17) is 0 Å². The van der Waals surface area contributed by atoms with Gasteiger partial charge in [0.05, 0.1) is 5.97 Å². The molecule has 1 atom stereocenters. The largest absolute Gasteiger partial charge is 1.00 e. The first kappa shape index (κ1) is 18.9. The monoisotopic (exact) mass is 306 g/mol. The summed E-state index contributed by atoms with van der Waals surface area (Å²) in [5.74, 6) is -1.50. The van der Waals surface area contributed by atoms with Gasteiger partial charge in [-0.3, -0.25) is 0 Å². The number of carbonyl (C=O) groups excluding carboxylic acids is 1. The molecule has 0 aliphatic rings. The van der Waals surface area contributed by atoms with E-state index in [2.05, 4.69) is 0 Å². The third-order valence-electron chi connectivity index (χ3n) is 3.88. The maximum atomic E-state index is 11.7. The predicted molar refractivity (Wildman–Crippen MR) is 79.6 cm³/mol. The van der Waals surface area contributed by atoms with Gasteiger partial charge in [0.1, 0.15) is 0 Å². The number of hydrogen-bond acceptors (Lipinski definition) is 3. The molecule has 0 aromatic heterocycles. The normalized spacial score (nSPS) is 13.0. The van der Waals surface area contributed by atoms with Crippen molar-refractivity contribution in [2.45, 2.75) is 32.3 Å². The van der Waals surface area contributed by atoms with Gasteiger partial charge in [0.2, 0.25) is 0 Å². The third-order valence-corrected chi connectivity index (χ3v) is 3.88. The minimum Gasteiger partial charge on any atom is -0.546 e. The average Bonchev–Trinajstić information content (AvgIpc) is 2.53. The van der Waals surface area contributed by atoms with E-state index < -0.39 is 11.6 Å². The van der Waals surface area contributed by atoms with E-state index in [-0.39, 0.29) is 29.6 Å². The van der Waals surface area contributed by atoms with Crippen LogP contribution in [0.3, 0.4) is 0 Å². The fourth-order valence-corrected chi connectivity index (χ4v) is 2.79. The summed E-state index contributed by atoms with van der Waals surface area (Å²) < 4.78 is 0. The first-order valence-electron chi connectivity index (χ1n) is 7.16. The Hall–Kier alpha value is -1.13. The van der Waals surface area contributed by atoms with Crippen LogP contribution >= 0.6 is 0 Å². The van der Waals surface area contributed by atoms with Crippen LogP contribution < -0.4 is 34.7 Å². The molecular formula is C18H19NaO3. The van der Waals surface area contributed by atoms with Gasteiger partial charge in [0.15, 0.2) is 5.60 Å². The topological polar surface area (TPSA) is 60.4 Å². The third kappa shape index (κ3) is 3.28. The molecule has 4 heteroatoms. The number of hydrogen-bond donors (Lipinski definition) is 1.